The zero-order valence-electron chi connectivity index (χ0n) is 16.2. The molecule has 0 saturated carbocycles. The molecule has 3 aromatic rings. The molecule has 6 nitrogen and oxygen atoms in total. The summed E-state index contributed by atoms with van der Waals surface area (Å²) in [5.74, 6) is -0.697. The molecule has 6 heteroatoms. The molecule has 0 radical (unpaired) electrons. The Hall–Kier alpha value is -3.46. The number of para-hydroxylation sites is 2. The Kier molecular flexibility index (Phi) is 5.66. The lowest BCUT2D eigenvalue weighted by atomic mass is 10.0. The number of hydrogen-bond donors (Lipinski definition) is 1. The molecule has 1 unspecified atom stereocenters. The largest absolute Gasteiger partial charge is 0.355 e. The summed E-state index contributed by atoms with van der Waals surface area (Å²) in [7, 11) is 0. The highest BCUT2D eigenvalue weighted by molar-refractivity contribution is 5.88. The highest BCUT2D eigenvalue weighted by Crippen LogP contribution is 2.29. The third kappa shape index (κ3) is 4.19. The first-order valence-electron chi connectivity index (χ1n) is 9.99. The first-order valence-corrected chi connectivity index (χ1v) is 9.99. The number of nitrogens with one attached hydrogen (secondary N) is 1. The van der Waals surface area contributed by atoms with E-state index in [2.05, 4.69) is 16.3 Å². The van der Waals surface area contributed by atoms with E-state index >= 15 is 0 Å². The van der Waals surface area contributed by atoms with Gasteiger partial charge in [-0.15, -0.1) is 0 Å². The van der Waals surface area contributed by atoms with Crippen LogP contribution in [0.25, 0.3) is 11.0 Å². The van der Waals surface area contributed by atoms with E-state index in [1.807, 2.05) is 54.6 Å². The van der Waals surface area contributed by atoms with Crippen molar-refractivity contribution in [2.45, 2.75) is 31.7 Å². The van der Waals surface area contributed by atoms with E-state index in [-0.39, 0.29) is 5.91 Å². The lowest BCUT2D eigenvalue weighted by Gasteiger charge is -2.29. The zero-order valence-corrected chi connectivity index (χ0v) is 16.2. The van der Waals surface area contributed by atoms with Crippen LogP contribution < -0.4 is 10.2 Å². The van der Waals surface area contributed by atoms with Crippen molar-refractivity contribution in [2.24, 2.45) is 0 Å². The number of aromatic nitrogens is 2. The molecule has 0 aliphatic carbocycles. The van der Waals surface area contributed by atoms with E-state index in [4.69, 9.17) is 9.97 Å². The van der Waals surface area contributed by atoms with Crippen molar-refractivity contribution in [3.63, 3.8) is 0 Å². The van der Waals surface area contributed by atoms with Gasteiger partial charge in [0.15, 0.2) is 11.7 Å². The number of amides is 1. The lowest BCUT2D eigenvalue weighted by Crippen LogP contribution is -2.34. The van der Waals surface area contributed by atoms with Crippen LogP contribution in [0.4, 0.5) is 5.82 Å². The van der Waals surface area contributed by atoms with Gasteiger partial charge in [-0.3, -0.25) is 4.79 Å². The van der Waals surface area contributed by atoms with Gasteiger partial charge in [-0.25, -0.2) is 9.97 Å². The van der Waals surface area contributed by atoms with Crippen LogP contribution in [0.15, 0.2) is 54.6 Å². The van der Waals surface area contributed by atoms with Crippen LogP contribution in [0.5, 0.6) is 0 Å². The lowest BCUT2D eigenvalue weighted by molar-refractivity contribution is -0.121. The van der Waals surface area contributed by atoms with Crippen LogP contribution >= 0.6 is 0 Å². The molecule has 4 rings (SSSR count). The minimum atomic E-state index is -1.01. The maximum Gasteiger partial charge on any atom is 0.243 e. The van der Waals surface area contributed by atoms with Gasteiger partial charge in [0.05, 0.1) is 17.1 Å². The maximum absolute atomic E-state index is 12.9. The molecule has 1 aliphatic heterocycles. The second kappa shape index (κ2) is 8.70. The minimum Gasteiger partial charge on any atom is -0.355 e. The van der Waals surface area contributed by atoms with Gasteiger partial charge in [-0.05, 0) is 37.0 Å². The predicted octanol–water partition coefficient (Wildman–Crippen LogP) is 3.54. The number of carbonyl (C=O) groups is 1. The van der Waals surface area contributed by atoms with Crippen LogP contribution in [0, 0.1) is 11.3 Å². The quantitative estimate of drug-likeness (QED) is 0.726. The molecular formula is C23H23N5O. The third-order valence-corrected chi connectivity index (χ3v) is 5.21. The second-order valence-corrected chi connectivity index (χ2v) is 7.23. The molecule has 0 bridgehead atoms. The van der Waals surface area contributed by atoms with Crippen LogP contribution in [0.1, 0.15) is 36.4 Å². The number of hydrogen-bond acceptors (Lipinski definition) is 5. The maximum atomic E-state index is 12.9. The van der Waals surface area contributed by atoms with Gasteiger partial charge in [0.2, 0.25) is 5.91 Å². The number of anilines is 1. The number of nitriles is 1. The molecule has 2 aromatic carbocycles. The highest BCUT2D eigenvalue weighted by atomic mass is 16.1. The zero-order chi connectivity index (χ0) is 20.1. The number of piperidine rings is 1. The van der Waals surface area contributed by atoms with Gasteiger partial charge in [-0.1, -0.05) is 42.5 Å². The van der Waals surface area contributed by atoms with E-state index < -0.39 is 5.92 Å². The summed E-state index contributed by atoms with van der Waals surface area (Å²) in [6.07, 6.45) is 3.34. The Morgan fingerprint density at radius 1 is 1.00 bits per heavy atom. The minimum absolute atomic E-state index is 0.348. The SMILES string of the molecule is N#CC(C(=O)NCc1ccccc1)c1nc2ccccc2nc1N1CCCCC1. The third-order valence-electron chi connectivity index (χ3n) is 5.21. The van der Waals surface area contributed by atoms with Crippen molar-refractivity contribution in [1.82, 2.24) is 15.3 Å². The number of fused-ring (bicyclic) bond motifs is 1. The fraction of sp³-hybridized carbons (Fsp3) is 0.304. The summed E-state index contributed by atoms with van der Waals surface area (Å²) in [6.45, 7) is 2.10. The van der Waals surface area contributed by atoms with Crippen molar-refractivity contribution in [1.29, 1.82) is 5.26 Å². The number of benzene rings is 2. The molecule has 2 heterocycles. The van der Waals surface area contributed by atoms with E-state index in [1.165, 1.54) is 6.42 Å². The summed E-state index contributed by atoms with van der Waals surface area (Å²) in [4.78, 5) is 24.6. The van der Waals surface area contributed by atoms with Gasteiger partial charge < -0.3 is 10.2 Å². The molecule has 1 atom stereocenters. The smallest absolute Gasteiger partial charge is 0.243 e. The molecule has 146 valence electrons. The fourth-order valence-corrected chi connectivity index (χ4v) is 3.67. The first kappa shape index (κ1) is 18.9. The van der Waals surface area contributed by atoms with E-state index in [9.17, 15) is 10.1 Å². The second-order valence-electron chi connectivity index (χ2n) is 7.23. The fourth-order valence-electron chi connectivity index (χ4n) is 3.67. The summed E-state index contributed by atoms with van der Waals surface area (Å²) in [5, 5.41) is 12.7. The predicted molar refractivity (Wildman–Crippen MR) is 112 cm³/mol. The Morgan fingerprint density at radius 2 is 1.66 bits per heavy atom. The number of carbonyl (C=O) groups excluding carboxylic acids is 1. The number of rotatable bonds is 5. The summed E-state index contributed by atoms with van der Waals surface area (Å²) in [5.41, 5.74) is 2.90. The van der Waals surface area contributed by atoms with E-state index in [0.29, 0.717) is 23.6 Å². The molecule has 1 fully saturated rings. The standard InChI is InChI=1S/C23H23N5O/c24-15-18(23(29)25-16-17-9-3-1-4-10-17)21-22(28-13-7-2-8-14-28)27-20-12-6-5-11-19(20)26-21/h1,3-6,9-12,18H,2,7-8,13-14,16H2,(H,25,29). The molecule has 0 spiro atoms. The van der Waals surface area contributed by atoms with Crippen molar-refractivity contribution >= 4 is 22.8 Å². The van der Waals surface area contributed by atoms with E-state index in [1.54, 1.807) is 0 Å². The highest BCUT2D eigenvalue weighted by Gasteiger charge is 2.29. The Labute approximate surface area is 170 Å². The van der Waals surface area contributed by atoms with Gasteiger partial charge >= 0.3 is 0 Å². The molecule has 1 N–H and O–H groups in total. The van der Waals surface area contributed by atoms with Crippen molar-refractivity contribution in [2.75, 3.05) is 18.0 Å². The summed E-state index contributed by atoms with van der Waals surface area (Å²) in [6, 6.07) is 19.4. The Bertz CT molecular complexity index is 1040. The van der Waals surface area contributed by atoms with Gasteiger partial charge in [-0.2, -0.15) is 5.26 Å². The van der Waals surface area contributed by atoms with Crippen LogP contribution in [-0.4, -0.2) is 29.0 Å². The van der Waals surface area contributed by atoms with Crippen molar-refractivity contribution in [3.8, 4) is 6.07 Å². The number of nitrogens with zero attached hydrogens (tertiary/aromatic N) is 4. The van der Waals surface area contributed by atoms with Crippen LogP contribution in [-0.2, 0) is 11.3 Å². The van der Waals surface area contributed by atoms with Crippen LogP contribution in [0.3, 0.4) is 0 Å². The molecule has 1 saturated heterocycles. The topological polar surface area (TPSA) is 81.9 Å². The van der Waals surface area contributed by atoms with Crippen molar-refractivity contribution < 1.29 is 4.79 Å². The van der Waals surface area contributed by atoms with Gasteiger partial charge in [0, 0.05) is 19.6 Å². The summed E-state index contributed by atoms with van der Waals surface area (Å²) < 4.78 is 0. The van der Waals surface area contributed by atoms with Crippen LogP contribution in [0.2, 0.25) is 0 Å². The normalized spacial score (nSPS) is 14.9. The van der Waals surface area contributed by atoms with Crippen molar-refractivity contribution in [3.05, 3.63) is 65.9 Å². The monoisotopic (exact) mass is 385 g/mol. The van der Waals surface area contributed by atoms with Gasteiger partial charge in [0.25, 0.3) is 0 Å². The Balaban J connectivity index is 1.67. The average molecular weight is 385 g/mol. The Morgan fingerprint density at radius 3 is 2.34 bits per heavy atom. The molecule has 1 aromatic heterocycles. The van der Waals surface area contributed by atoms with E-state index in [0.717, 1.165) is 37.0 Å². The molecule has 1 amide bonds. The molecule has 29 heavy (non-hydrogen) atoms. The summed E-state index contributed by atoms with van der Waals surface area (Å²) >= 11 is 0. The first-order chi connectivity index (χ1) is 14.3. The molecular weight excluding hydrogens is 362 g/mol. The average Bonchev–Trinajstić information content (AvgIpc) is 2.79. The molecule has 1 aliphatic rings. The van der Waals surface area contributed by atoms with Gasteiger partial charge in [0.1, 0.15) is 5.69 Å².